The second-order valence-electron chi connectivity index (χ2n) is 4.97. The minimum absolute atomic E-state index is 0.109. The van der Waals surface area contributed by atoms with Gasteiger partial charge in [0.2, 0.25) is 11.8 Å². The van der Waals surface area contributed by atoms with Gasteiger partial charge in [-0.15, -0.1) is 11.8 Å². The molecule has 2 aromatic carbocycles. The number of anilines is 2. The van der Waals surface area contributed by atoms with Crippen LogP contribution in [0.25, 0.3) is 0 Å². The van der Waals surface area contributed by atoms with Crippen LogP contribution in [0.1, 0.15) is 6.42 Å². The van der Waals surface area contributed by atoms with Crippen LogP contribution in [-0.4, -0.2) is 17.1 Å². The normalized spacial score (nSPS) is 16.4. The molecule has 0 saturated heterocycles. The largest absolute Gasteiger partial charge is 0.324 e. The summed E-state index contributed by atoms with van der Waals surface area (Å²) in [4.78, 5) is 24.9. The van der Waals surface area contributed by atoms with E-state index in [0.717, 1.165) is 17.0 Å². The number of carbonyl (C=O) groups excluding carboxylic acids is 2. The number of carbonyl (C=O) groups is 2. The summed E-state index contributed by atoms with van der Waals surface area (Å²) in [6.07, 6.45) is -0.109. The monoisotopic (exact) mass is 334 g/mol. The van der Waals surface area contributed by atoms with E-state index in [0.29, 0.717) is 11.8 Å². The second kappa shape index (κ2) is 6.37. The fourth-order valence-electron chi connectivity index (χ4n) is 2.19. The maximum absolute atomic E-state index is 13.5. The van der Waals surface area contributed by atoms with Gasteiger partial charge in [0.25, 0.3) is 0 Å². The van der Waals surface area contributed by atoms with Crippen molar-refractivity contribution in [2.45, 2.75) is 16.6 Å². The average Bonchev–Trinajstić information content (AvgIpc) is 2.51. The zero-order valence-corrected chi connectivity index (χ0v) is 12.6. The van der Waals surface area contributed by atoms with Crippen LogP contribution in [0.2, 0.25) is 0 Å². The first-order valence-electron chi connectivity index (χ1n) is 6.84. The van der Waals surface area contributed by atoms with Gasteiger partial charge in [0, 0.05) is 17.4 Å². The van der Waals surface area contributed by atoms with Crippen LogP contribution in [0, 0.1) is 11.6 Å². The molecule has 3 rings (SSSR count). The highest BCUT2D eigenvalue weighted by Gasteiger charge is 2.28. The minimum atomic E-state index is -0.857. The SMILES string of the molecule is O=C(C[C@H]1Sc2ccccc2NC1=O)Nc1ccc(F)cc1F. The molecule has 0 radical (unpaired) electrons. The van der Waals surface area contributed by atoms with Crippen molar-refractivity contribution in [2.75, 3.05) is 10.6 Å². The van der Waals surface area contributed by atoms with Gasteiger partial charge in [-0.1, -0.05) is 12.1 Å². The Morgan fingerprint density at radius 1 is 1.22 bits per heavy atom. The highest BCUT2D eigenvalue weighted by Crippen LogP contribution is 2.36. The lowest BCUT2D eigenvalue weighted by Crippen LogP contribution is -2.32. The van der Waals surface area contributed by atoms with E-state index in [-0.39, 0.29) is 18.0 Å². The van der Waals surface area contributed by atoms with Gasteiger partial charge in [0.05, 0.1) is 16.6 Å². The molecule has 4 nitrogen and oxygen atoms in total. The van der Waals surface area contributed by atoms with E-state index < -0.39 is 22.8 Å². The van der Waals surface area contributed by atoms with Crippen molar-refractivity contribution >= 4 is 35.0 Å². The number of halogens is 2. The third-order valence-corrected chi connectivity index (χ3v) is 4.56. The van der Waals surface area contributed by atoms with Gasteiger partial charge in [0.15, 0.2) is 0 Å². The Bertz CT molecular complexity index is 782. The number of para-hydroxylation sites is 1. The van der Waals surface area contributed by atoms with Crippen LogP contribution in [-0.2, 0) is 9.59 Å². The van der Waals surface area contributed by atoms with Crippen LogP contribution in [0.5, 0.6) is 0 Å². The lowest BCUT2D eigenvalue weighted by Gasteiger charge is -2.23. The van der Waals surface area contributed by atoms with E-state index in [4.69, 9.17) is 0 Å². The third-order valence-electron chi connectivity index (χ3n) is 3.28. The molecule has 0 saturated carbocycles. The topological polar surface area (TPSA) is 58.2 Å². The summed E-state index contributed by atoms with van der Waals surface area (Å²) in [5, 5.41) is 4.49. The highest BCUT2D eigenvalue weighted by atomic mass is 32.2. The smallest absolute Gasteiger partial charge is 0.238 e. The van der Waals surface area contributed by atoms with E-state index in [1.165, 1.54) is 11.8 Å². The predicted octanol–water partition coefficient (Wildman–Crippen LogP) is 3.41. The van der Waals surface area contributed by atoms with Gasteiger partial charge >= 0.3 is 0 Å². The van der Waals surface area contributed by atoms with Gasteiger partial charge in [-0.3, -0.25) is 9.59 Å². The van der Waals surface area contributed by atoms with Crippen LogP contribution < -0.4 is 10.6 Å². The maximum Gasteiger partial charge on any atom is 0.238 e. The Kier molecular flexibility index (Phi) is 4.29. The Hall–Kier alpha value is -2.41. The molecule has 0 aromatic heterocycles. The van der Waals surface area contributed by atoms with Gasteiger partial charge in [0.1, 0.15) is 11.6 Å². The minimum Gasteiger partial charge on any atom is -0.324 e. The highest BCUT2D eigenvalue weighted by molar-refractivity contribution is 8.01. The molecule has 0 aliphatic carbocycles. The molecule has 1 atom stereocenters. The van der Waals surface area contributed by atoms with Gasteiger partial charge in [-0.05, 0) is 24.3 Å². The standard InChI is InChI=1S/C16H12F2N2O2S/c17-9-5-6-11(10(18)7-9)19-15(21)8-14-16(22)20-12-3-1-2-4-13(12)23-14/h1-7,14H,8H2,(H,19,21)(H,20,22)/t14-/m1/s1. The van der Waals surface area contributed by atoms with E-state index in [1.807, 2.05) is 18.2 Å². The summed E-state index contributed by atoms with van der Waals surface area (Å²) in [6.45, 7) is 0. The summed E-state index contributed by atoms with van der Waals surface area (Å²) in [6, 6.07) is 10.2. The fraction of sp³-hybridized carbons (Fsp3) is 0.125. The van der Waals surface area contributed by atoms with Gasteiger partial charge < -0.3 is 10.6 Å². The molecule has 0 fully saturated rings. The molecule has 0 unspecified atom stereocenters. The quantitative estimate of drug-likeness (QED) is 0.904. The molecule has 2 aromatic rings. The maximum atomic E-state index is 13.5. The fourth-order valence-corrected chi connectivity index (χ4v) is 3.30. The van der Waals surface area contributed by atoms with Crippen LogP contribution in [0.3, 0.4) is 0 Å². The van der Waals surface area contributed by atoms with Crippen molar-refractivity contribution in [2.24, 2.45) is 0 Å². The Morgan fingerprint density at radius 2 is 2.00 bits per heavy atom. The molecular weight excluding hydrogens is 322 g/mol. The number of fused-ring (bicyclic) bond motifs is 1. The predicted molar refractivity (Wildman–Crippen MR) is 84.3 cm³/mol. The Balaban J connectivity index is 1.67. The molecular formula is C16H12F2N2O2S. The van der Waals surface area contributed by atoms with Crippen molar-refractivity contribution in [3.63, 3.8) is 0 Å². The van der Waals surface area contributed by atoms with E-state index in [9.17, 15) is 18.4 Å². The van der Waals surface area contributed by atoms with Crippen LogP contribution in [0.15, 0.2) is 47.4 Å². The van der Waals surface area contributed by atoms with Crippen molar-refractivity contribution in [3.8, 4) is 0 Å². The van der Waals surface area contributed by atoms with Crippen molar-refractivity contribution in [1.29, 1.82) is 0 Å². The molecule has 23 heavy (non-hydrogen) atoms. The number of nitrogens with one attached hydrogen (secondary N) is 2. The number of benzene rings is 2. The summed E-state index contributed by atoms with van der Waals surface area (Å²) < 4.78 is 26.4. The van der Waals surface area contributed by atoms with E-state index >= 15 is 0 Å². The lowest BCUT2D eigenvalue weighted by atomic mass is 10.2. The molecule has 1 heterocycles. The van der Waals surface area contributed by atoms with Crippen LogP contribution in [0.4, 0.5) is 20.2 Å². The molecule has 1 aliphatic heterocycles. The van der Waals surface area contributed by atoms with Crippen molar-refractivity contribution < 1.29 is 18.4 Å². The van der Waals surface area contributed by atoms with Crippen molar-refractivity contribution in [1.82, 2.24) is 0 Å². The van der Waals surface area contributed by atoms with E-state index in [2.05, 4.69) is 10.6 Å². The molecule has 2 N–H and O–H groups in total. The Labute approximate surface area is 135 Å². The van der Waals surface area contributed by atoms with Gasteiger partial charge in [-0.25, -0.2) is 8.78 Å². The van der Waals surface area contributed by atoms with E-state index in [1.54, 1.807) is 6.07 Å². The number of hydrogen-bond donors (Lipinski definition) is 2. The summed E-state index contributed by atoms with van der Waals surface area (Å²) in [7, 11) is 0. The molecule has 2 amide bonds. The lowest BCUT2D eigenvalue weighted by molar-refractivity contribution is -0.120. The first-order chi connectivity index (χ1) is 11.0. The zero-order chi connectivity index (χ0) is 16.4. The summed E-state index contributed by atoms with van der Waals surface area (Å²) in [5.41, 5.74) is 0.599. The molecule has 0 spiro atoms. The molecule has 7 heteroatoms. The number of hydrogen-bond acceptors (Lipinski definition) is 3. The number of rotatable bonds is 3. The second-order valence-corrected chi connectivity index (χ2v) is 6.21. The molecule has 0 bridgehead atoms. The number of thioether (sulfide) groups is 1. The zero-order valence-electron chi connectivity index (χ0n) is 11.8. The molecule has 118 valence electrons. The molecule has 1 aliphatic rings. The van der Waals surface area contributed by atoms with Crippen molar-refractivity contribution in [3.05, 3.63) is 54.1 Å². The third kappa shape index (κ3) is 3.50. The average molecular weight is 334 g/mol. The summed E-state index contributed by atoms with van der Waals surface area (Å²) in [5.74, 6) is -2.37. The number of amides is 2. The Morgan fingerprint density at radius 3 is 2.78 bits per heavy atom. The van der Waals surface area contributed by atoms with Crippen LogP contribution >= 0.6 is 11.8 Å². The first kappa shape index (κ1) is 15.5. The first-order valence-corrected chi connectivity index (χ1v) is 7.72. The van der Waals surface area contributed by atoms with Gasteiger partial charge in [-0.2, -0.15) is 0 Å². The summed E-state index contributed by atoms with van der Waals surface area (Å²) >= 11 is 1.28.